The van der Waals surface area contributed by atoms with E-state index in [0.29, 0.717) is 51.3 Å². The monoisotopic (exact) mass is 378 g/mol. The zero-order valence-corrected chi connectivity index (χ0v) is 15.3. The van der Waals surface area contributed by atoms with E-state index >= 15 is 0 Å². The van der Waals surface area contributed by atoms with Crippen molar-refractivity contribution in [2.75, 3.05) is 27.2 Å². The van der Waals surface area contributed by atoms with Crippen molar-refractivity contribution in [3.63, 3.8) is 0 Å². The third kappa shape index (κ3) is 4.31. The van der Waals surface area contributed by atoms with Gasteiger partial charge in [0, 0.05) is 22.2 Å². The van der Waals surface area contributed by atoms with Crippen molar-refractivity contribution >= 4 is 40.3 Å². The van der Waals surface area contributed by atoms with Crippen LogP contribution in [0.1, 0.15) is 10.4 Å². The molecule has 1 heterocycles. The molecular weight excluding hydrogens is 363 g/mol. The second-order valence-electron chi connectivity index (χ2n) is 5.80. The molecule has 3 rings (SSSR count). The number of esters is 1. The lowest BCUT2D eigenvalue weighted by Crippen LogP contribution is -2.20. The molecule has 0 bridgehead atoms. The van der Waals surface area contributed by atoms with E-state index in [9.17, 15) is 4.79 Å². The Morgan fingerprint density at radius 1 is 1.16 bits per heavy atom. The van der Waals surface area contributed by atoms with E-state index in [1.54, 1.807) is 36.4 Å². The molecule has 0 atom stereocenters. The molecule has 0 radical (unpaired) electrons. The van der Waals surface area contributed by atoms with Crippen LogP contribution in [-0.2, 0) is 4.74 Å². The Morgan fingerprint density at radius 3 is 2.56 bits per heavy atom. The number of carbonyl (C=O) groups is 1. The highest BCUT2D eigenvalue weighted by Crippen LogP contribution is 2.29. The van der Waals surface area contributed by atoms with Crippen molar-refractivity contribution in [2.24, 2.45) is 0 Å². The van der Waals surface area contributed by atoms with Gasteiger partial charge in [-0.05, 0) is 50.5 Å². The van der Waals surface area contributed by atoms with Crippen molar-refractivity contribution < 1.29 is 13.9 Å². The summed E-state index contributed by atoms with van der Waals surface area (Å²) >= 11 is 12.0. The van der Waals surface area contributed by atoms with Gasteiger partial charge in [-0.15, -0.1) is 0 Å². The summed E-state index contributed by atoms with van der Waals surface area (Å²) in [6.45, 7) is 0.989. The smallest absolute Gasteiger partial charge is 0.338 e. The summed E-state index contributed by atoms with van der Waals surface area (Å²) in [5, 5.41) is 0.991. The summed E-state index contributed by atoms with van der Waals surface area (Å²) in [5.41, 5.74) is 2.21. The SMILES string of the molecule is CN(C)CCOC(=O)c1ccc2nc(-c3cc(Cl)cc(Cl)c3)oc2c1. The standard InChI is InChI=1S/C18H16Cl2N2O3/c1-22(2)5-6-24-18(23)11-3-4-15-16(9-11)25-17(21-15)12-7-13(19)10-14(20)8-12/h3-4,7-10H,5-6H2,1-2H3. The Bertz CT molecular complexity index is 902. The van der Waals surface area contributed by atoms with Crippen LogP contribution >= 0.6 is 23.2 Å². The van der Waals surface area contributed by atoms with Crippen LogP contribution in [0.15, 0.2) is 40.8 Å². The van der Waals surface area contributed by atoms with E-state index < -0.39 is 5.97 Å². The molecule has 0 aliphatic rings. The molecule has 0 unspecified atom stereocenters. The Balaban J connectivity index is 1.85. The van der Waals surface area contributed by atoms with Gasteiger partial charge in [-0.3, -0.25) is 0 Å². The van der Waals surface area contributed by atoms with Gasteiger partial charge in [-0.2, -0.15) is 0 Å². The van der Waals surface area contributed by atoms with E-state index in [1.165, 1.54) is 0 Å². The first-order valence-corrected chi connectivity index (χ1v) is 8.37. The van der Waals surface area contributed by atoms with E-state index in [1.807, 2.05) is 19.0 Å². The Labute approximate surface area is 155 Å². The summed E-state index contributed by atoms with van der Waals surface area (Å²) in [5.74, 6) is -0.00924. The number of halogens is 2. The topological polar surface area (TPSA) is 55.6 Å². The lowest BCUT2D eigenvalue weighted by Gasteiger charge is -2.09. The number of aromatic nitrogens is 1. The number of fused-ring (bicyclic) bond motifs is 1. The van der Waals surface area contributed by atoms with Gasteiger partial charge in [-0.1, -0.05) is 23.2 Å². The zero-order valence-electron chi connectivity index (χ0n) is 13.8. The first-order chi connectivity index (χ1) is 11.9. The predicted octanol–water partition coefficient (Wildman–Crippen LogP) is 4.52. The molecule has 0 saturated carbocycles. The predicted molar refractivity (Wildman–Crippen MR) is 98.3 cm³/mol. The van der Waals surface area contributed by atoms with Crippen LogP contribution in [-0.4, -0.2) is 43.1 Å². The van der Waals surface area contributed by atoms with Gasteiger partial charge < -0.3 is 14.1 Å². The van der Waals surface area contributed by atoms with Crippen molar-refractivity contribution in [1.29, 1.82) is 0 Å². The normalized spacial score (nSPS) is 11.2. The number of hydrogen-bond acceptors (Lipinski definition) is 5. The highest BCUT2D eigenvalue weighted by Gasteiger charge is 2.13. The average Bonchev–Trinajstić information content (AvgIpc) is 2.96. The number of hydrogen-bond donors (Lipinski definition) is 0. The van der Waals surface area contributed by atoms with E-state index in [2.05, 4.69) is 4.98 Å². The van der Waals surface area contributed by atoms with Gasteiger partial charge in [-0.25, -0.2) is 9.78 Å². The second kappa shape index (κ2) is 7.44. The van der Waals surface area contributed by atoms with E-state index in [0.717, 1.165) is 0 Å². The minimum atomic E-state index is -0.396. The van der Waals surface area contributed by atoms with Gasteiger partial charge in [0.25, 0.3) is 0 Å². The first kappa shape index (κ1) is 17.7. The van der Waals surface area contributed by atoms with Crippen LogP contribution in [0.2, 0.25) is 10.0 Å². The van der Waals surface area contributed by atoms with Crippen LogP contribution < -0.4 is 0 Å². The largest absolute Gasteiger partial charge is 0.461 e. The number of likely N-dealkylation sites (N-methyl/N-ethyl adjacent to an activating group) is 1. The molecule has 0 spiro atoms. The summed E-state index contributed by atoms with van der Waals surface area (Å²) < 4.78 is 11.0. The van der Waals surface area contributed by atoms with Crippen LogP contribution in [0.4, 0.5) is 0 Å². The molecule has 0 aliphatic heterocycles. The van der Waals surface area contributed by atoms with Gasteiger partial charge in [0.2, 0.25) is 5.89 Å². The number of nitrogens with zero attached hydrogens (tertiary/aromatic N) is 2. The third-order valence-corrected chi connectivity index (χ3v) is 3.94. The fourth-order valence-corrected chi connectivity index (χ4v) is 2.78. The maximum atomic E-state index is 12.1. The molecule has 0 N–H and O–H groups in total. The quantitative estimate of drug-likeness (QED) is 0.610. The van der Waals surface area contributed by atoms with Gasteiger partial charge >= 0.3 is 5.97 Å². The molecular formula is C18H16Cl2N2O3. The van der Waals surface area contributed by atoms with Gasteiger partial charge in [0.05, 0.1) is 5.56 Å². The Morgan fingerprint density at radius 2 is 1.88 bits per heavy atom. The summed E-state index contributed by atoms with van der Waals surface area (Å²) in [6, 6.07) is 10.1. The molecule has 130 valence electrons. The number of carbonyl (C=O) groups excluding carboxylic acids is 1. The summed E-state index contributed by atoms with van der Waals surface area (Å²) in [6.07, 6.45) is 0. The molecule has 0 fully saturated rings. The van der Waals surface area contributed by atoms with Crippen molar-refractivity contribution in [3.8, 4) is 11.5 Å². The molecule has 0 saturated heterocycles. The Hall–Kier alpha value is -2.08. The molecule has 5 nitrogen and oxygen atoms in total. The lowest BCUT2D eigenvalue weighted by atomic mass is 10.2. The highest BCUT2D eigenvalue weighted by molar-refractivity contribution is 6.35. The zero-order chi connectivity index (χ0) is 18.0. The average molecular weight is 379 g/mol. The second-order valence-corrected chi connectivity index (χ2v) is 6.67. The lowest BCUT2D eigenvalue weighted by molar-refractivity contribution is 0.0482. The maximum absolute atomic E-state index is 12.1. The first-order valence-electron chi connectivity index (χ1n) is 7.61. The summed E-state index contributed by atoms with van der Waals surface area (Å²) in [7, 11) is 3.83. The van der Waals surface area contributed by atoms with Crippen LogP contribution in [0, 0.1) is 0 Å². The minimum Gasteiger partial charge on any atom is -0.461 e. The van der Waals surface area contributed by atoms with Crippen LogP contribution in [0.5, 0.6) is 0 Å². The van der Waals surface area contributed by atoms with E-state index in [-0.39, 0.29) is 0 Å². The Kier molecular flexibility index (Phi) is 5.27. The molecule has 3 aromatic rings. The van der Waals surface area contributed by atoms with Crippen molar-refractivity contribution in [3.05, 3.63) is 52.0 Å². The fourth-order valence-electron chi connectivity index (χ4n) is 2.26. The van der Waals surface area contributed by atoms with Gasteiger partial charge in [0.1, 0.15) is 12.1 Å². The molecule has 25 heavy (non-hydrogen) atoms. The molecule has 0 aliphatic carbocycles. The van der Waals surface area contributed by atoms with Crippen molar-refractivity contribution in [2.45, 2.75) is 0 Å². The molecule has 2 aromatic carbocycles. The fraction of sp³-hybridized carbons (Fsp3) is 0.222. The highest BCUT2D eigenvalue weighted by atomic mass is 35.5. The van der Waals surface area contributed by atoms with E-state index in [4.69, 9.17) is 32.4 Å². The van der Waals surface area contributed by atoms with Crippen LogP contribution in [0.25, 0.3) is 22.6 Å². The number of rotatable bonds is 5. The number of oxazole rings is 1. The molecule has 0 amide bonds. The van der Waals surface area contributed by atoms with Gasteiger partial charge in [0.15, 0.2) is 5.58 Å². The maximum Gasteiger partial charge on any atom is 0.338 e. The number of ether oxygens (including phenoxy) is 1. The third-order valence-electron chi connectivity index (χ3n) is 3.51. The van der Waals surface area contributed by atoms with Crippen LogP contribution in [0.3, 0.4) is 0 Å². The number of benzene rings is 2. The summed E-state index contributed by atoms with van der Waals surface area (Å²) in [4.78, 5) is 18.4. The molecule has 7 heteroatoms. The van der Waals surface area contributed by atoms with Crippen molar-refractivity contribution in [1.82, 2.24) is 9.88 Å². The molecule has 1 aromatic heterocycles. The minimum absolute atomic E-state index is 0.326.